The highest BCUT2D eigenvalue weighted by molar-refractivity contribution is 7.99. The number of hydrogen-bond acceptors (Lipinski definition) is 5. The monoisotopic (exact) mass is 343 g/mol. The number of nitrogens with one attached hydrogen (secondary N) is 1. The lowest BCUT2D eigenvalue weighted by molar-refractivity contribution is 0.0217. The number of amides is 1. The lowest BCUT2D eigenvalue weighted by Gasteiger charge is -2.49. The number of carbonyl (C=O) groups excluding carboxylic acids is 1. The Morgan fingerprint density at radius 1 is 1.29 bits per heavy atom. The van der Waals surface area contributed by atoms with Crippen LogP contribution in [-0.2, 0) is 0 Å². The topological polar surface area (TPSA) is 58.4 Å². The molecule has 126 valence electrons. The summed E-state index contributed by atoms with van der Waals surface area (Å²) >= 11 is 1.44. The number of hydrogen-bond donors (Lipinski definition) is 1. The van der Waals surface area contributed by atoms with Crippen LogP contribution in [0.1, 0.15) is 30.1 Å². The minimum absolute atomic E-state index is 0.0215. The summed E-state index contributed by atoms with van der Waals surface area (Å²) in [5.41, 5.74) is 0.704. The van der Waals surface area contributed by atoms with Crippen LogP contribution in [-0.4, -0.2) is 41.0 Å². The maximum absolute atomic E-state index is 12.6. The zero-order chi connectivity index (χ0) is 16.5. The molecule has 1 aromatic carbocycles. The predicted octanol–water partition coefficient (Wildman–Crippen LogP) is 3.04. The van der Waals surface area contributed by atoms with Crippen LogP contribution in [0.2, 0.25) is 0 Å². The lowest BCUT2D eigenvalue weighted by atomic mass is 9.79. The van der Waals surface area contributed by atoms with Crippen molar-refractivity contribution in [3.8, 4) is 0 Å². The molecular weight excluding hydrogens is 322 g/mol. The fourth-order valence-corrected chi connectivity index (χ4v) is 4.51. The van der Waals surface area contributed by atoms with Gasteiger partial charge in [0.2, 0.25) is 0 Å². The van der Waals surface area contributed by atoms with Gasteiger partial charge in [-0.2, -0.15) is 0 Å². The van der Waals surface area contributed by atoms with E-state index in [1.165, 1.54) is 37.7 Å². The van der Waals surface area contributed by atoms with Gasteiger partial charge in [0.15, 0.2) is 0 Å². The Bertz CT molecular complexity index is 692. The quantitative estimate of drug-likeness (QED) is 0.925. The van der Waals surface area contributed by atoms with Crippen LogP contribution in [0.15, 0.2) is 51.3 Å². The maximum atomic E-state index is 12.6. The second-order valence-corrected chi connectivity index (χ2v) is 7.56. The van der Waals surface area contributed by atoms with Gasteiger partial charge < -0.3 is 9.73 Å². The minimum atomic E-state index is 0.0215. The lowest BCUT2D eigenvalue weighted by Crippen LogP contribution is -2.62. The molecule has 4 heterocycles. The summed E-state index contributed by atoms with van der Waals surface area (Å²) in [5, 5.41) is 3.87. The maximum Gasteiger partial charge on any atom is 0.260 e. The van der Waals surface area contributed by atoms with Gasteiger partial charge in [-0.05, 0) is 74.8 Å². The van der Waals surface area contributed by atoms with E-state index >= 15 is 0 Å². The predicted molar refractivity (Wildman–Crippen MR) is 92.1 cm³/mol. The molecule has 0 spiro atoms. The molecule has 1 N–H and O–H groups in total. The average molecular weight is 343 g/mol. The highest BCUT2D eigenvalue weighted by Gasteiger charge is 2.40. The van der Waals surface area contributed by atoms with Gasteiger partial charge in [-0.25, -0.2) is 4.98 Å². The third-order valence-corrected chi connectivity index (χ3v) is 6.09. The van der Waals surface area contributed by atoms with E-state index in [0.29, 0.717) is 22.7 Å². The second kappa shape index (κ2) is 6.61. The summed E-state index contributed by atoms with van der Waals surface area (Å²) in [4.78, 5) is 20.2. The zero-order valence-corrected chi connectivity index (χ0v) is 14.5. The third kappa shape index (κ3) is 3.08. The number of benzene rings is 1. The van der Waals surface area contributed by atoms with E-state index in [-0.39, 0.29) is 11.9 Å². The van der Waals surface area contributed by atoms with Crippen molar-refractivity contribution >= 4 is 17.7 Å². The molecule has 2 aromatic rings. The molecule has 3 saturated heterocycles. The molecular formula is C18H21N3O2S. The summed E-state index contributed by atoms with van der Waals surface area (Å²) in [5.74, 6) is 0.641. The number of nitrogens with zero attached hydrogens (tertiary/aromatic N) is 2. The van der Waals surface area contributed by atoms with Gasteiger partial charge in [-0.15, -0.1) is 0 Å². The van der Waals surface area contributed by atoms with Crippen molar-refractivity contribution < 1.29 is 9.21 Å². The van der Waals surface area contributed by atoms with Gasteiger partial charge in [0, 0.05) is 22.5 Å². The summed E-state index contributed by atoms with van der Waals surface area (Å²) in [6.07, 6.45) is 5.57. The summed E-state index contributed by atoms with van der Waals surface area (Å²) in [6.45, 7) is 4.57. The molecule has 24 heavy (non-hydrogen) atoms. The Hall–Kier alpha value is -1.79. The van der Waals surface area contributed by atoms with Crippen LogP contribution in [0.5, 0.6) is 0 Å². The molecule has 1 amide bonds. The minimum Gasteiger partial charge on any atom is -0.440 e. The highest BCUT2D eigenvalue weighted by Crippen LogP contribution is 2.32. The number of rotatable bonds is 4. The van der Waals surface area contributed by atoms with E-state index in [9.17, 15) is 4.79 Å². The van der Waals surface area contributed by atoms with E-state index in [4.69, 9.17) is 4.42 Å². The zero-order valence-electron chi connectivity index (χ0n) is 13.6. The van der Waals surface area contributed by atoms with Gasteiger partial charge >= 0.3 is 0 Å². The van der Waals surface area contributed by atoms with Gasteiger partial charge in [0.1, 0.15) is 6.26 Å². The van der Waals surface area contributed by atoms with Crippen molar-refractivity contribution in [1.29, 1.82) is 0 Å². The van der Waals surface area contributed by atoms with E-state index in [1.54, 1.807) is 12.5 Å². The van der Waals surface area contributed by atoms with E-state index in [2.05, 4.69) is 22.1 Å². The van der Waals surface area contributed by atoms with E-state index in [1.807, 2.05) is 24.3 Å². The van der Waals surface area contributed by atoms with E-state index in [0.717, 1.165) is 4.90 Å². The molecule has 3 fully saturated rings. The van der Waals surface area contributed by atoms with Crippen LogP contribution in [0.3, 0.4) is 0 Å². The molecule has 0 unspecified atom stereocenters. The van der Waals surface area contributed by atoms with Crippen LogP contribution in [0, 0.1) is 5.92 Å². The molecule has 5 rings (SSSR count). The fourth-order valence-electron chi connectivity index (χ4n) is 3.82. The first-order valence-electron chi connectivity index (χ1n) is 8.43. The SMILES string of the molecule is C[C@H]1[C@H](NC(=O)c2ccc(Sc3ncco3)cc2)C2CCN1CC2. The molecule has 0 aliphatic carbocycles. The van der Waals surface area contributed by atoms with Crippen LogP contribution >= 0.6 is 11.8 Å². The molecule has 5 nitrogen and oxygen atoms in total. The Morgan fingerprint density at radius 3 is 2.67 bits per heavy atom. The van der Waals surface area contributed by atoms with Crippen molar-refractivity contribution in [2.24, 2.45) is 5.92 Å². The number of carbonyl (C=O) groups is 1. The highest BCUT2D eigenvalue weighted by atomic mass is 32.2. The number of aromatic nitrogens is 1. The van der Waals surface area contributed by atoms with E-state index < -0.39 is 0 Å². The van der Waals surface area contributed by atoms with Gasteiger partial charge in [-0.3, -0.25) is 9.69 Å². The fraction of sp³-hybridized carbons (Fsp3) is 0.444. The smallest absolute Gasteiger partial charge is 0.260 e. The van der Waals surface area contributed by atoms with Crippen LogP contribution in [0.4, 0.5) is 0 Å². The molecule has 0 radical (unpaired) electrons. The molecule has 2 bridgehead atoms. The van der Waals surface area contributed by atoms with Crippen molar-refractivity contribution in [2.45, 2.75) is 42.0 Å². The molecule has 1 aromatic heterocycles. The van der Waals surface area contributed by atoms with Crippen molar-refractivity contribution in [2.75, 3.05) is 13.1 Å². The van der Waals surface area contributed by atoms with Crippen LogP contribution < -0.4 is 5.32 Å². The molecule has 3 aliphatic heterocycles. The standard InChI is InChI=1S/C18H21N3O2S/c1-12-16(13-6-9-21(12)10-7-13)20-17(22)14-2-4-15(5-3-14)24-18-19-8-11-23-18/h2-5,8,11-13,16H,6-7,9-10H2,1H3,(H,20,22)/t12-,16-/m0/s1. The average Bonchev–Trinajstić information content (AvgIpc) is 3.12. The van der Waals surface area contributed by atoms with Gasteiger partial charge in [0.25, 0.3) is 11.1 Å². The number of oxazole rings is 1. The number of fused-ring (bicyclic) bond motifs is 3. The summed E-state index contributed by atoms with van der Waals surface area (Å²) in [6, 6.07) is 8.30. The first kappa shape index (κ1) is 15.7. The largest absolute Gasteiger partial charge is 0.440 e. The molecule has 0 saturated carbocycles. The molecule has 6 heteroatoms. The Balaban J connectivity index is 1.41. The van der Waals surface area contributed by atoms with Crippen molar-refractivity contribution in [1.82, 2.24) is 15.2 Å². The van der Waals surface area contributed by atoms with Crippen molar-refractivity contribution in [3.05, 3.63) is 42.3 Å². The molecule has 2 atom stereocenters. The molecule has 3 aliphatic rings. The Kier molecular flexibility index (Phi) is 4.33. The third-order valence-electron chi connectivity index (χ3n) is 5.21. The summed E-state index contributed by atoms with van der Waals surface area (Å²) < 4.78 is 5.22. The Morgan fingerprint density at radius 2 is 2.04 bits per heavy atom. The normalized spacial score (nSPS) is 28.7. The first-order valence-corrected chi connectivity index (χ1v) is 9.25. The Labute approximate surface area is 145 Å². The summed E-state index contributed by atoms with van der Waals surface area (Å²) in [7, 11) is 0. The van der Waals surface area contributed by atoms with Gasteiger partial charge in [-0.1, -0.05) is 0 Å². The van der Waals surface area contributed by atoms with Gasteiger partial charge in [0.05, 0.1) is 6.20 Å². The number of piperidine rings is 3. The van der Waals surface area contributed by atoms with Crippen molar-refractivity contribution in [3.63, 3.8) is 0 Å². The first-order chi connectivity index (χ1) is 11.7. The second-order valence-electron chi connectivity index (χ2n) is 6.54. The van der Waals surface area contributed by atoms with Crippen LogP contribution in [0.25, 0.3) is 0 Å².